The number of phenolic OH excluding ortho intramolecular Hbond substituents is 1. The third kappa shape index (κ3) is 4.69. The smallest absolute Gasteiger partial charge is 0.247 e. The van der Waals surface area contributed by atoms with Crippen molar-refractivity contribution in [3.8, 4) is 5.75 Å². The van der Waals surface area contributed by atoms with E-state index in [2.05, 4.69) is 26.0 Å². The maximum Gasteiger partial charge on any atom is 0.247 e. The summed E-state index contributed by atoms with van der Waals surface area (Å²) < 4.78 is 40.3. The van der Waals surface area contributed by atoms with Gasteiger partial charge in [0.25, 0.3) is 0 Å². The monoisotopic (exact) mass is 483 g/mol. The predicted octanol–water partition coefficient (Wildman–Crippen LogP) is 4.52. The number of aromatic hydroxyl groups is 1. The van der Waals surface area contributed by atoms with Crippen molar-refractivity contribution < 1.29 is 17.9 Å². The standard InChI is InChI=1S/C19H22ClN5O4S2/c1-10(2)15(14-9-6-11(3)29-14)22-19-18(23-30-24-19)21-13-8-7-12(20)17(16(13)26)31(27,28)25(4)5/h6-9,15,26H,1H2,2-5H3,(H,21,23)(H,22,24). The van der Waals surface area contributed by atoms with Gasteiger partial charge < -0.3 is 20.2 Å². The molecule has 12 heteroatoms. The van der Waals surface area contributed by atoms with Crippen LogP contribution in [0.2, 0.25) is 5.02 Å². The van der Waals surface area contributed by atoms with Crippen molar-refractivity contribution in [2.24, 2.45) is 0 Å². The average molecular weight is 484 g/mol. The number of anilines is 3. The van der Waals surface area contributed by atoms with Crippen LogP contribution in [0, 0.1) is 6.92 Å². The van der Waals surface area contributed by atoms with Crippen molar-refractivity contribution in [3.63, 3.8) is 0 Å². The summed E-state index contributed by atoms with van der Waals surface area (Å²) in [7, 11) is -1.27. The molecule has 9 nitrogen and oxygen atoms in total. The molecule has 0 amide bonds. The van der Waals surface area contributed by atoms with Crippen LogP contribution < -0.4 is 10.6 Å². The van der Waals surface area contributed by atoms with E-state index in [1.165, 1.54) is 26.2 Å². The fourth-order valence-corrected chi connectivity index (χ4v) is 4.70. The fraction of sp³-hybridized carbons (Fsp3) is 0.263. The van der Waals surface area contributed by atoms with Gasteiger partial charge in [0.1, 0.15) is 22.5 Å². The van der Waals surface area contributed by atoms with Crippen molar-refractivity contribution in [1.29, 1.82) is 0 Å². The number of aromatic nitrogens is 2. The van der Waals surface area contributed by atoms with Crippen LogP contribution >= 0.6 is 23.3 Å². The van der Waals surface area contributed by atoms with Crippen LogP contribution in [0.15, 0.2) is 45.7 Å². The first kappa shape index (κ1) is 23.1. The molecule has 0 aliphatic heterocycles. The van der Waals surface area contributed by atoms with Gasteiger partial charge in [0.05, 0.1) is 22.4 Å². The van der Waals surface area contributed by atoms with E-state index in [9.17, 15) is 13.5 Å². The fourth-order valence-electron chi connectivity index (χ4n) is 2.75. The van der Waals surface area contributed by atoms with E-state index < -0.39 is 20.7 Å². The molecule has 3 aromatic rings. The van der Waals surface area contributed by atoms with Gasteiger partial charge in [-0.05, 0) is 38.1 Å². The zero-order valence-electron chi connectivity index (χ0n) is 17.3. The van der Waals surface area contributed by atoms with E-state index in [1.807, 2.05) is 26.0 Å². The number of rotatable bonds is 8. The molecule has 1 unspecified atom stereocenters. The normalized spacial score (nSPS) is 12.7. The summed E-state index contributed by atoms with van der Waals surface area (Å²) in [4.78, 5) is -0.396. The van der Waals surface area contributed by atoms with Gasteiger partial charge in [-0.3, -0.25) is 0 Å². The Morgan fingerprint density at radius 3 is 2.52 bits per heavy atom. The zero-order chi connectivity index (χ0) is 22.9. The Kier molecular flexibility index (Phi) is 6.60. The van der Waals surface area contributed by atoms with Crippen LogP contribution in [-0.4, -0.2) is 40.7 Å². The summed E-state index contributed by atoms with van der Waals surface area (Å²) >= 11 is 7.01. The van der Waals surface area contributed by atoms with E-state index in [4.69, 9.17) is 16.0 Å². The number of hydrogen-bond donors (Lipinski definition) is 3. The predicted molar refractivity (Wildman–Crippen MR) is 122 cm³/mol. The quantitative estimate of drug-likeness (QED) is 0.316. The molecule has 2 aromatic heterocycles. The molecule has 0 saturated heterocycles. The minimum Gasteiger partial charge on any atom is -0.504 e. The molecule has 0 saturated carbocycles. The molecule has 0 aliphatic carbocycles. The Morgan fingerprint density at radius 2 is 1.94 bits per heavy atom. The first-order valence-corrected chi connectivity index (χ1v) is 11.6. The minimum atomic E-state index is -3.98. The van der Waals surface area contributed by atoms with Gasteiger partial charge >= 0.3 is 0 Å². The highest BCUT2D eigenvalue weighted by Crippen LogP contribution is 2.40. The van der Waals surface area contributed by atoms with Crippen molar-refractivity contribution in [2.45, 2.75) is 24.8 Å². The molecule has 2 heterocycles. The Morgan fingerprint density at radius 1 is 1.26 bits per heavy atom. The Balaban J connectivity index is 1.94. The van der Waals surface area contributed by atoms with Gasteiger partial charge in [-0.2, -0.15) is 8.75 Å². The lowest BCUT2D eigenvalue weighted by atomic mass is 10.1. The SMILES string of the molecule is C=C(C)C(Nc1nsnc1Nc1ccc(Cl)c(S(=O)(=O)N(C)C)c1O)c1ccc(C)o1. The molecule has 166 valence electrons. The van der Waals surface area contributed by atoms with Crippen molar-refractivity contribution in [3.05, 3.63) is 53.0 Å². The van der Waals surface area contributed by atoms with Crippen molar-refractivity contribution in [1.82, 2.24) is 13.1 Å². The zero-order valence-corrected chi connectivity index (χ0v) is 19.7. The highest BCUT2D eigenvalue weighted by molar-refractivity contribution is 7.89. The molecule has 0 fully saturated rings. The van der Waals surface area contributed by atoms with Crippen LogP contribution in [-0.2, 0) is 10.0 Å². The number of sulfonamides is 1. The summed E-state index contributed by atoms with van der Waals surface area (Å²) in [5.74, 6) is 1.60. The Labute approximate surface area is 189 Å². The van der Waals surface area contributed by atoms with Crippen LogP contribution in [0.4, 0.5) is 17.3 Å². The Bertz CT molecular complexity index is 1220. The van der Waals surface area contributed by atoms with Crippen LogP contribution in [0.25, 0.3) is 0 Å². The number of halogens is 1. The first-order valence-electron chi connectivity index (χ1n) is 9.04. The maximum atomic E-state index is 12.6. The highest BCUT2D eigenvalue weighted by atomic mass is 35.5. The van der Waals surface area contributed by atoms with Crippen LogP contribution in [0.1, 0.15) is 24.5 Å². The molecule has 3 N–H and O–H groups in total. The summed E-state index contributed by atoms with van der Waals surface area (Å²) in [5, 5.41) is 16.7. The van der Waals surface area contributed by atoms with E-state index in [0.717, 1.165) is 27.4 Å². The lowest BCUT2D eigenvalue weighted by Gasteiger charge is -2.18. The molecular weight excluding hydrogens is 462 g/mol. The highest BCUT2D eigenvalue weighted by Gasteiger charge is 2.28. The molecule has 3 rings (SSSR count). The molecule has 1 atom stereocenters. The molecule has 1 aromatic carbocycles. The van der Waals surface area contributed by atoms with Crippen molar-refractivity contribution >= 4 is 50.7 Å². The third-order valence-electron chi connectivity index (χ3n) is 4.38. The molecular formula is C19H22ClN5O4S2. The molecule has 0 bridgehead atoms. The Hall–Kier alpha value is -2.60. The number of phenols is 1. The number of nitrogens with zero attached hydrogens (tertiary/aromatic N) is 3. The molecule has 31 heavy (non-hydrogen) atoms. The average Bonchev–Trinajstić information content (AvgIpc) is 3.30. The summed E-state index contributed by atoms with van der Waals surface area (Å²) in [6.07, 6.45) is 0. The number of hydrogen-bond acceptors (Lipinski definition) is 9. The minimum absolute atomic E-state index is 0.0953. The number of benzene rings is 1. The lowest BCUT2D eigenvalue weighted by Crippen LogP contribution is -2.22. The van der Waals surface area contributed by atoms with Crippen LogP contribution in [0.5, 0.6) is 5.75 Å². The molecule has 0 aliphatic rings. The van der Waals surface area contributed by atoms with Gasteiger partial charge in [-0.15, -0.1) is 0 Å². The summed E-state index contributed by atoms with van der Waals surface area (Å²) in [6.45, 7) is 7.70. The van der Waals surface area contributed by atoms with Gasteiger partial charge in [0, 0.05) is 14.1 Å². The second-order valence-electron chi connectivity index (χ2n) is 7.02. The van der Waals surface area contributed by atoms with Crippen LogP contribution in [0.3, 0.4) is 0 Å². The van der Waals surface area contributed by atoms with E-state index >= 15 is 0 Å². The lowest BCUT2D eigenvalue weighted by molar-refractivity contribution is 0.454. The number of nitrogens with one attached hydrogen (secondary N) is 2. The second kappa shape index (κ2) is 8.87. The number of aryl methyl sites for hydroxylation is 1. The molecule has 0 radical (unpaired) electrons. The summed E-state index contributed by atoms with van der Waals surface area (Å²) in [5.41, 5.74) is 0.906. The first-order chi connectivity index (χ1) is 14.5. The topological polar surface area (TPSA) is 121 Å². The van der Waals surface area contributed by atoms with Gasteiger partial charge in [0.2, 0.25) is 10.0 Å². The van der Waals surface area contributed by atoms with Gasteiger partial charge in [-0.1, -0.05) is 23.8 Å². The number of furan rings is 1. The molecule has 0 spiro atoms. The van der Waals surface area contributed by atoms with Gasteiger partial charge in [0.15, 0.2) is 17.4 Å². The summed E-state index contributed by atoms with van der Waals surface area (Å²) in [6, 6.07) is 6.18. The van der Waals surface area contributed by atoms with Crippen molar-refractivity contribution in [2.75, 3.05) is 24.7 Å². The van der Waals surface area contributed by atoms with E-state index in [-0.39, 0.29) is 16.8 Å². The largest absolute Gasteiger partial charge is 0.504 e. The van der Waals surface area contributed by atoms with E-state index in [0.29, 0.717) is 17.4 Å². The maximum absolute atomic E-state index is 12.6. The second-order valence-corrected chi connectivity index (χ2v) is 10.0. The van der Waals surface area contributed by atoms with Gasteiger partial charge in [-0.25, -0.2) is 12.7 Å². The van der Waals surface area contributed by atoms with E-state index in [1.54, 1.807) is 0 Å². The third-order valence-corrected chi connectivity index (χ3v) is 7.23.